The van der Waals surface area contributed by atoms with Crippen molar-refractivity contribution in [1.29, 1.82) is 0 Å². The van der Waals surface area contributed by atoms with Gasteiger partial charge in [0, 0.05) is 40.8 Å². The average Bonchev–Trinajstić information content (AvgIpc) is 3.12. The van der Waals surface area contributed by atoms with Gasteiger partial charge in [-0.3, -0.25) is 9.59 Å². The van der Waals surface area contributed by atoms with E-state index >= 15 is 0 Å². The van der Waals surface area contributed by atoms with Crippen LogP contribution in [-0.4, -0.2) is 39.9 Å². The number of nitrogens with one attached hydrogen (secondary N) is 2. The van der Waals surface area contributed by atoms with Crippen LogP contribution >= 0.6 is 23.4 Å². The lowest BCUT2D eigenvalue weighted by atomic mass is 9.88. The number of hydrogen-bond donors (Lipinski definition) is 2. The molecule has 1 fully saturated rings. The molecule has 188 valence electrons. The number of pyridine rings is 1. The minimum Gasteiger partial charge on any atom is -0.444 e. The Morgan fingerprint density at radius 2 is 1.86 bits per heavy atom. The van der Waals surface area contributed by atoms with Crippen LogP contribution in [0.3, 0.4) is 0 Å². The molecule has 0 spiro atoms. The van der Waals surface area contributed by atoms with Crippen molar-refractivity contribution in [3.8, 4) is 0 Å². The van der Waals surface area contributed by atoms with Crippen LogP contribution in [0.15, 0.2) is 40.2 Å². The van der Waals surface area contributed by atoms with Gasteiger partial charge in [0.1, 0.15) is 5.60 Å². The van der Waals surface area contributed by atoms with Gasteiger partial charge < -0.3 is 19.9 Å². The molecule has 0 saturated heterocycles. The van der Waals surface area contributed by atoms with E-state index in [0.717, 1.165) is 5.56 Å². The van der Waals surface area contributed by atoms with Crippen LogP contribution in [0.2, 0.25) is 5.02 Å². The molecular weight excluding hydrogens is 500 g/mol. The quantitative estimate of drug-likeness (QED) is 0.588. The Balaban J connectivity index is 1.67. The number of halogens is 3. The molecule has 7 nitrogen and oxygen atoms in total. The number of amides is 2. The fourth-order valence-electron chi connectivity index (χ4n) is 4.04. The lowest BCUT2D eigenvalue weighted by molar-refractivity contribution is -0.0901. The molecule has 0 radical (unpaired) electrons. The zero-order valence-electron chi connectivity index (χ0n) is 19.5. The standard InChI is InChI=1S/C24H26ClF2N3O4S/c1-23(2,3)34-22(33)29-17-12-35-19-16(20(31)28-15-8-24(26,27)9-15)11-30(21(32)18(17)19)10-13-4-6-14(25)7-5-13/h4-7,11,15,17H,8-10,12H2,1-3H3,(H,28,31)(H,29,33)/t17-/m0/s1. The fraction of sp³-hybridized carbons (Fsp3) is 0.458. The number of thioether (sulfide) groups is 1. The van der Waals surface area contributed by atoms with E-state index in [-0.39, 0.29) is 23.2 Å². The van der Waals surface area contributed by atoms with Crippen LogP contribution in [0.5, 0.6) is 0 Å². The van der Waals surface area contributed by atoms with Crippen LogP contribution in [0.1, 0.15) is 61.1 Å². The predicted octanol–water partition coefficient (Wildman–Crippen LogP) is 4.75. The van der Waals surface area contributed by atoms with E-state index in [0.29, 0.717) is 15.7 Å². The number of alkyl carbamates (subject to hydrolysis) is 1. The molecule has 11 heteroatoms. The molecule has 2 amide bonds. The summed E-state index contributed by atoms with van der Waals surface area (Å²) in [6.07, 6.45) is -0.0564. The van der Waals surface area contributed by atoms with Gasteiger partial charge in [0.2, 0.25) is 0 Å². The Kier molecular flexibility index (Phi) is 6.89. The van der Waals surface area contributed by atoms with Crippen molar-refractivity contribution in [2.75, 3.05) is 5.75 Å². The predicted molar refractivity (Wildman–Crippen MR) is 130 cm³/mol. The van der Waals surface area contributed by atoms with Gasteiger partial charge in [0.15, 0.2) is 0 Å². The van der Waals surface area contributed by atoms with Crippen molar-refractivity contribution in [2.24, 2.45) is 0 Å². The van der Waals surface area contributed by atoms with Crippen molar-refractivity contribution in [2.45, 2.75) is 68.7 Å². The maximum atomic E-state index is 13.5. The third-order valence-electron chi connectivity index (χ3n) is 5.64. The second-order valence-corrected chi connectivity index (χ2v) is 11.3. The molecule has 2 aromatic rings. The van der Waals surface area contributed by atoms with Crippen LogP contribution in [0, 0.1) is 0 Å². The number of aromatic nitrogens is 1. The molecular formula is C24H26ClF2N3O4S. The molecule has 2 N–H and O–H groups in total. The molecule has 35 heavy (non-hydrogen) atoms. The zero-order valence-corrected chi connectivity index (χ0v) is 21.1. The summed E-state index contributed by atoms with van der Waals surface area (Å²) in [4.78, 5) is 39.4. The molecule has 1 aromatic heterocycles. The van der Waals surface area contributed by atoms with E-state index < -0.39 is 48.4 Å². The van der Waals surface area contributed by atoms with Crippen LogP contribution < -0.4 is 16.2 Å². The second-order valence-electron chi connectivity index (χ2n) is 9.79. The number of nitrogens with zero attached hydrogens (tertiary/aromatic N) is 1. The van der Waals surface area contributed by atoms with Crippen LogP contribution in [-0.2, 0) is 11.3 Å². The summed E-state index contributed by atoms with van der Waals surface area (Å²) in [6.45, 7) is 5.36. The highest BCUT2D eigenvalue weighted by atomic mass is 35.5. The molecule has 0 bridgehead atoms. The van der Waals surface area contributed by atoms with E-state index in [1.807, 2.05) is 0 Å². The van der Waals surface area contributed by atoms with Gasteiger partial charge in [-0.05, 0) is 38.5 Å². The highest BCUT2D eigenvalue weighted by Gasteiger charge is 2.46. The number of ether oxygens (including phenoxy) is 1. The first-order valence-corrected chi connectivity index (χ1v) is 12.5. The molecule has 0 unspecified atom stereocenters. The van der Waals surface area contributed by atoms with Gasteiger partial charge in [-0.25, -0.2) is 13.6 Å². The number of carbonyl (C=O) groups excluding carboxylic acids is 2. The smallest absolute Gasteiger partial charge is 0.408 e. The molecule has 4 rings (SSSR count). The summed E-state index contributed by atoms with van der Waals surface area (Å²) in [7, 11) is 0. The first-order chi connectivity index (χ1) is 16.3. The largest absolute Gasteiger partial charge is 0.444 e. The Bertz CT molecular complexity index is 1200. The Morgan fingerprint density at radius 1 is 1.20 bits per heavy atom. The summed E-state index contributed by atoms with van der Waals surface area (Å²) < 4.78 is 33.3. The SMILES string of the molecule is CC(C)(C)OC(=O)N[C@H]1CSc2c(C(=O)NC3CC(F)(F)C3)cn(Cc3ccc(Cl)cc3)c(=O)c21. The van der Waals surface area contributed by atoms with Crippen LogP contribution in [0.25, 0.3) is 0 Å². The second kappa shape index (κ2) is 9.46. The Morgan fingerprint density at radius 3 is 2.46 bits per heavy atom. The van der Waals surface area contributed by atoms with Crippen molar-refractivity contribution in [1.82, 2.24) is 15.2 Å². The van der Waals surface area contributed by atoms with E-state index in [2.05, 4.69) is 10.6 Å². The topological polar surface area (TPSA) is 89.4 Å². The van der Waals surface area contributed by atoms with Crippen LogP contribution in [0.4, 0.5) is 13.6 Å². The minimum atomic E-state index is -2.77. The Labute approximate surface area is 210 Å². The molecule has 1 aliphatic carbocycles. The van der Waals surface area contributed by atoms with E-state index in [4.69, 9.17) is 16.3 Å². The zero-order chi connectivity index (χ0) is 25.5. The number of carbonyl (C=O) groups is 2. The van der Waals surface area contributed by atoms with Crippen molar-refractivity contribution >= 4 is 35.4 Å². The van der Waals surface area contributed by atoms with Gasteiger partial charge in [-0.15, -0.1) is 11.8 Å². The minimum absolute atomic E-state index is 0.162. The summed E-state index contributed by atoms with van der Waals surface area (Å²) in [5.41, 5.74) is 0.195. The average molecular weight is 526 g/mol. The number of fused-ring (bicyclic) bond motifs is 1. The van der Waals surface area contributed by atoms with E-state index in [1.165, 1.54) is 22.5 Å². The number of hydrogen-bond acceptors (Lipinski definition) is 5. The third kappa shape index (κ3) is 5.98. The summed E-state index contributed by atoms with van der Waals surface area (Å²) in [5, 5.41) is 5.92. The first kappa shape index (κ1) is 25.5. The van der Waals surface area contributed by atoms with E-state index in [1.54, 1.807) is 45.0 Å². The van der Waals surface area contributed by atoms with Gasteiger partial charge >= 0.3 is 6.09 Å². The summed E-state index contributed by atoms with van der Waals surface area (Å²) in [5.74, 6) is -2.97. The first-order valence-electron chi connectivity index (χ1n) is 11.1. The molecule has 1 aromatic carbocycles. The number of benzene rings is 1. The molecule has 1 atom stereocenters. The normalized spacial score (nSPS) is 19.0. The Hall–Kier alpha value is -2.59. The number of rotatable bonds is 5. The lowest BCUT2D eigenvalue weighted by Crippen LogP contribution is -2.50. The molecule has 2 aliphatic rings. The highest BCUT2D eigenvalue weighted by Crippen LogP contribution is 2.40. The molecule has 1 aliphatic heterocycles. The van der Waals surface area contributed by atoms with Gasteiger partial charge in [0.05, 0.1) is 23.7 Å². The summed E-state index contributed by atoms with van der Waals surface area (Å²) in [6, 6.07) is 5.62. The number of alkyl halides is 2. The molecule has 1 saturated carbocycles. The van der Waals surface area contributed by atoms with E-state index in [9.17, 15) is 23.2 Å². The monoisotopic (exact) mass is 525 g/mol. The fourth-order valence-corrected chi connectivity index (χ4v) is 5.43. The maximum Gasteiger partial charge on any atom is 0.408 e. The molecule has 2 heterocycles. The van der Waals surface area contributed by atoms with Gasteiger partial charge in [0.25, 0.3) is 17.4 Å². The highest BCUT2D eigenvalue weighted by molar-refractivity contribution is 7.99. The van der Waals surface area contributed by atoms with Gasteiger partial charge in [-0.2, -0.15) is 0 Å². The van der Waals surface area contributed by atoms with Crippen molar-refractivity contribution < 1.29 is 23.1 Å². The maximum absolute atomic E-state index is 13.5. The lowest BCUT2D eigenvalue weighted by Gasteiger charge is -2.35. The van der Waals surface area contributed by atoms with Crippen molar-refractivity contribution in [3.05, 3.63) is 62.5 Å². The van der Waals surface area contributed by atoms with Crippen molar-refractivity contribution in [3.63, 3.8) is 0 Å². The third-order valence-corrected chi connectivity index (χ3v) is 7.12. The summed E-state index contributed by atoms with van der Waals surface area (Å²) >= 11 is 7.23. The van der Waals surface area contributed by atoms with Gasteiger partial charge in [-0.1, -0.05) is 23.7 Å².